The van der Waals surface area contributed by atoms with Gasteiger partial charge >= 0.3 is 0 Å². The van der Waals surface area contributed by atoms with Gasteiger partial charge in [-0.3, -0.25) is 0 Å². The van der Waals surface area contributed by atoms with Crippen molar-refractivity contribution in [2.45, 2.75) is 26.7 Å². The SMILES string of the molecule is CCCCNc1ncnc2c1c(C)nn2-c1ccccc1F. The molecule has 22 heavy (non-hydrogen) atoms. The normalized spacial score (nSPS) is 11.0. The monoisotopic (exact) mass is 299 g/mol. The summed E-state index contributed by atoms with van der Waals surface area (Å²) in [7, 11) is 0. The number of unbranched alkanes of at least 4 members (excludes halogenated alkanes) is 1. The van der Waals surface area contributed by atoms with Crippen LogP contribution in [0.15, 0.2) is 30.6 Å². The maximum atomic E-state index is 14.0. The van der Waals surface area contributed by atoms with Gasteiger partial charge in [-0.25, -0.2) is 19.0 Å². The van der Waals surface area contributed by atoms with E-state index < -0.39 is 0 Å². The van der Waals surface area contributed by atoms with Crippen molar-refractivity contribution in [3.8, 4) is 5.69 Å². The zero-order valence-corrected chi connectivity index (χ0v) is 12.7. The number of aryl methyl sites for hydroxylation is 1. The maximum Gasteiger partial charge on any atom is 0.168 e. The number of para-hydroxylation sites is 1. The van der Waals surface area contributed by atoms with Crippen LogP contribution in [0.1, 0.15) is 25.5 Å². The van der Waals surface area contributed by atoms with E-state index >= 15 is 0 Å². The van der Waals surface area contributed by atoms with Gasteiger partial charge in [0.05, 0.1) is 11.1 Å². The molecule has 2 aromatic heterocycles. The molecular weight excluding hydrogens is 281 g/mol. The minimum atomic E-state index is -0.328. The lowest BCUT2D eigenvalue weighted by atomic mass is 10.2. The molecule has 0 unspecified atom stereocenters. The van der Waals surface area contributed by atoms with Crippen molar-refractivity contribution >= 4 is 16.9 Å². The third-order valence-corrected chi connectivity index (χ3v) is 3.54. The summed E-state index contributed by atoms with van der Waals surface area (Å²) in [6.07, 6.45) is 3.65. The van der Waals surface area contributed by atoms with E-state index in [2.05, 4.69) is 27.3 Å². The molecule has 5 nitrogen and oxygen atoms in total. The van der Waals surface area contributed by atoms with Crippen LogP contribution in [0.4, 0.5) is 10.2 Å². The van der Waals surface area contributed by atoms with E-state index in [9.17, 15) is 4.39 Å². The van der Waals surface area contributed by atoms with E-state index in [0.717, 1.165) is 36.3 Å². The Morgan fingerprint density at radius 1 is 1.23 bits per heavy atom. The largest absolute Gasteiger partial charge is 0.369 e. The summed E-state index contributed by atoms with van der Waals surface area (Å²) in [5.41, 5.74) is 1.77. The average Bonchev–Trinajstić information content (AvgIpc) is 2.86. The first-order valence-corrected chi connectivity index (χ1v) is 7.41. The molecule has 0 spiro atoms. The van der Waals surface area contributed by atoms with Gasteiger partial charge in [0, 0.05) is 6.54 Å². The summed E-state index contributed by atoms with van der Waals surface area (Å²) in [6, 6.07) is 6.54. The Balaban J connectivity index is 2.11. The van der Waals surface area contributed by atoms with Crippen molar-refractivity contribution in [1.29, 1.82) is 0 Å². The van der Waals surface area contributed by atoms with E-state index in [1.165, 1.54) is 17.1 Å². The Bertz CT molecular complexity index is 796. The van der Waals surface area contributed by atoms with Crippen molar-refractivity contribution in [2.24, 2.45) is 0 Å². The average molecular weight is 299 g/mol. The molecule has 0 amide bonds. The summed E-state index contributed by atoms with van der Waals surface area (Å²) in [5, 5.41) is 8.59. The van der Waals surface area contributed by atoms with Gasteiger partial charge in [-0.2, -0.15) is 5.10 Å². The first-order valence-electron chi connectivity index (χ1n) is 7.41. The Morgan fingerprint density at radius 2 is 2.05 bits per heavy atom. The summed E-state index contributed by atoms with van der Waals surface area (Å²) in [4.78, 5) is 8.59. The molecule has 0 atom stereocenters. The second kappa shape index (κ2) is 6.09. The van der Waals surface area contributed by atoms with Gasteiger partial charge < -0.3 is 5.32 Å². The highest BCUT2D eigenvalue weighted by atomic mass is 19.1. The molecule has 2 heterocycles. The lowest BCUT2D eigenvalue weighted by Crippen LogP contribution is -2.05. The predicted molar refractivity (Wildman–Crippen MR) is 84.8 cm³/mol. The topological polar surface area (TPSA) is 55.6 Å². The van der Waals surface area contributed by atoms with Gasteiger partial charge in [-0.1, -0.05) is 25.5 Å². The summed E-state index contributed by atoms with van der Waals surface area (Å²) in [5.74, 6) is 0.421. The summed E-state index contributed by atoms with van der Waals surface area (Å²) in [6.45, 7) is 4.86. The van der Waals surface area contributed by atoms with Crippen LogP contribution in [0.3, 0.4) is 0 Å². The van der Waals surface area contributed by atoms with E-state index in [1.54, 1.807) is 18.2 Å². The van der Waals surface area contributed by atoms with Gasteiger partial charge in [-0.05, 0) is 25.5 Å². The molecule has 0 bridgehead atoms. The number of fused-ring (bicyclic) bond motifs is 1. The van der Waals surface area contributed by atoms with Crippen LogP contribution in [0, 0.1) is 12.7 Å². The molecule has 0 radical (unpaired) electrons. The number of hydrogen-bond acceptors (Lipinski definition) is 4. The molecule has 0 aliphatic rings. The van der Waals surface area contributed by atoms with E-state index in [0.29, 0.717) is 11.3 Å². The highest BCUT2D eigenvalue weighted by Gasteiger charge is 2.16. The fourth-order valence-electron chi connectivity index (χ4n) is 2.43. The van der Waals surface area contributed by atoms with Crippen LogP contribution in [-0.4, -0.2) is 26.3 Å². The van der Waals surface area contributed by atoms with Gasteiger partial charge in [0.1, 0.15) is 23.6 Å². The van der Waals surface area contributed by atoms with Crippen LogP contribution >= 0.6 is 0 Å². The van der Waals surface area contributed by atoms with Crippen molar-refractivity contribution in [1.82, 2.24) is 19.7 Å². The number of halogens is 1. The fraction of sp³-hybridized carbons (Fsp3) is 0.312. The van der Waals surface area contributed by atoms with Crippen LogP contribution in [-0.2, 0) is 0 Å². The molecule has 0 fully saturated rings. The zero-order valence-electron chi connectivity index (χ0n) is 12.7. The third-order valence-electron chi connectivity index (χ3n) is 3.54. The number of aromatic nitrogens is 4. The van der Waals surface area contributed by atoms with E-state index in [1.807, 2.05) is 6.92 Å². The molecule has 6 heteroatoms. The summed E-state index contributed by atoms with van der Waals surface area (Å²) >= 11 is 0. The molecule has 1 N–H and O–H groups in total. The quantitative estimate of drug-likeness (QED) is 0.733. The Morgan fingerprint density at radius 3 is 2.82 bits per heavy atom. The highest BCUT2D eigenvalue weighted by molar-refractivity contribution is 5.90. The molecule has 114 valence electrons. The number of hydrogen-bond donors (Lipinski definition) is 1. The first-order chi connectivity index (χ1) is 10.7. The zero-order chi connectivity index (χ0) is 15.5. The lowest BCUT2D eigenvalue weighted by molar-refractivity contribution is 0.612. The second-order valence-electron chi connectivity index (χ2n) is 5.15. The molecular formula is C16H18FN5. The summed E-state index contributed by atoms with van der Waals surface area (Å²) < 4.78 is 15.6. The maximum absolute atomic E-state index is 14.0. The van der Waals surface area contributed by atoms with Crippen molar-refractivity contribution < 1.29 is 4.39 Å². The number of nitrogens with zero attached hydrogens (tertiary/aromatic N) is 4. The van der Waals surface area contributed by atoms with E-state index in [4.69, 9.17) is 0 Å². The Labute approximate surface area is 128 Å². The number of benzene rings is 1. The van der Waals surface area contributed by atoms with Crippen LogP contribution in [0.5, 0.6) is 0 Å². The third kappa shape index (κ3) is 2.52. The van der Waals surface area contributed by atoms with Gasteiger partial charge in [0.25, 0.3) is 0 Å². The number of anilines is 1. The molecule has 1 aromatic carbocycles. The molecule has 0 saturated carbocycles. The minimum Gasteiger partial charge on any atom is -0.369 e. The molecule has 0 aliphatic heterocycles. The standard InChI is InChI=1S/C16H18FN5/c1-3-4-9-18-15-14-11(2)21-22(16(14)20-10-19-15)13-8-6-5-7-12(13)17/h5-8,10H,3-4,9H2,1-2H3,(H,18,19,20). The number of nitrogens with one attached hydrogen (secondary N) is 1. The highest BCUT2D eigenvalue weighted by Crippen LogP contribution is 2.26. The molecule has 3 aromatic rings. The van der Waals surface area contributed by atoms with Gasteiger partial charge in [0.15, 0.2) is 5.65 Å². The fourth-order valence-corrected chi connectivity index (χ4v) is 2.43. The van der Waals surface area contributed by atoms with Crippen LogP contribution < -0.4 is 5.32 Å². The van der Waals surface area contributed by atoms with Gasteiger partial charge in [0.2, 0.25) is 0 Å². The van der Waals surface area contributed by atoms with Crippen LogP contribution in [0.2, 0.25) is 0 Å². The second-order valence-corrected chi connectivity index (χ2v) is 5.15. The lowest BCUT2D eigenvalue weighted by Gasteiger charge is -2.06. The molecule has 3 rings (SSSR count). The first kappa shape index (κ1) is 14.4. The number of rotatable bonds is 5. The Kier molecular flexibility index (Phi) is 4.00. The van der Waals surface area contributed by atoms with Crippen LogP contribution in [0.25, 0.3) is 16.7 Å². The van der Waals surface area contributed by atoms with Gasteiger partial charge in [-0.15, -0.1) is 0 Å². The minimum absolute atomic E-state index is 0.328. The van der Waals surface area contributed by atoms with Crippen molar-refractivity contribution in [3.05, 3.63) is 42.1 Å². The smallest absolute Gasteiger partial charge is 0.168 e. The molecule has 0 aliphatic carbocycles. The van der Waals surface area contributed by atoms with Crippen molar-refractivity contribution in [2.75, 3.05) is 11.9 Å². The van der Waals surface area contributed by atoms with E-state index in [-0.39, 0.29) is 5.82 Å². The van der Waals surface area contributed by atoms with Crippen molar-refractivity contribution in [3.63, 3.8) is 0 Å². The predicted octanol–water partition coefficient (Wildman–Crippen LogP) is 3.48. The Hall–Kier alpha value is -2.50. The molecule has 0 saturated heterocycles.